The predicted molar refractivity (Wildman–Crippen MR) is 158 cm³/mol. The quantitative estimate of drug-likeness (QED) is 0.243. The molecule has 4 heteroatoms. The standard InChI is InChI=1S/C35H21N3O/c1-2-10-22(11-3-1)33-26-12-4-6-16-29(26)37-35(38-33)28-20-19-23(25-15-9-21-36-34(25)28)24-14-8-18-31-32(24)27-13-5-7-17-30(27)39-31/h1-21H. The molecule has 3 aromatic heterocycles. The molecule has 0 aliphatic carbocycles. The first-order chi connectivity index (χ1) is 19.3. The first-order valence-electron chi connectivity index (χ1n) is 13.0. The molecule has 182 valence electrons. The van der Waals surface area contributed by atoms with E-state index >= 15 is 0 Å². The fraction of sp³-hybridized carbons (Fsp3) is 0. The van der Waals surface area contributed by atoms with Crippen molar-refractivity contribution in [3.63, 3.8) is 0 Å². The van der Waals surface area contributed by atoms with Crippen LogP contribution < -0.4 is 0 Å². The summed E-state index contributed by atoms with van der Waals surface area (Å²) in [6, 6.07) is 41.3. The zero-order valence-electron chi connectivity index (χ0n) is 20.9. The number of hydrogen-bond acceptors (Lipinski definition) is 4. The first-order valence-corrected chi connectivity index (χ1v) is 13.0. The summed E-state index contributed by atoms with van der Waals surface area (Å²) in [4.78, 5) is 15.0. The molecule has 0 radical (unpaired) electrons. The SMILES string of the molecule is c1ccc(-c2nc(-c3ccc(-c4cccc5oc6ccccc6c45)c4cccnc34)nc3ccccc23)cc1. The molecule has 0 aliphatic heterocycles. The summed E-state index contributed by atoms with van der Waals surface area (Å²) in [6.45, 7) is 0. The van der Waals surface area contributed by atoms with E-state index in [9.17, 15) is 0 Å². The van der Waals surface area contributed by atoms with Crippen LogP contribution in [0.15, 0.2) is 132 Å². The molecule has 0 atom stereocenters. The summed E-state index contributed by atoms with van der Waals surface area (Å²) in [7, 11) is 0. The lowest BCUT2D eigenvalue weighted by molar-refractivity contribution is 0.669. The molecule has 0 amide bonds. The van der Waals surface area contributed by atoms with Crippen LogP contribution in [0.4, 0.5) is 0 Å². The van der Waals surface area contributed by atoms with E-state index in [0.29, 0.717) is 5.82 Å². The predicted octanol–water partition coefficient (Wildman–Crippen LogP) is 9.08. The highest BCUT2D eigenvalue weighted by Gasteiger charge is 2.18. The lowest BCUT2D eigenvalue weighted by Crippen LogP contribution is -1.97. The maximum absolute atomic E-state index is 6.18. The van der Waals surface area contributed by atoms with Gasteiger partial charge in [-0.25, -0.2) is 9.97 Å². The Kier molecular flexibility index (Phi) is 4.79. The van der Waals surface area contributed by atoms with Crippen LogP contribution in [0.3, 0.4) is 0 Å². The third kappa shape index (κ3) is 3.42. The second-order valence-electron chi connectivity index (χ2n) is 9.62. The molecule has 0 saturated heterocycles. The van der Waals surface area contributed by atoms with Gasteiger partial charge in [-0.05, 0) is 41.5 Å². The first kappa shape index (κ1) is 21.7. The summed E-state index contributed by atoms with van der Waals surface area (Å²) < 4.78 is 6.18. The fourth-order valence-corrected chi connectivity index (χ4v) is 5.60. The van der Waals surface area contributed by atoms with Crippen molar-refractivity contribution >= 4 is 43.7 Å². The summed E-state index contributed by atoms with van der Waals surface area (Å²) >= 11 is 0. The molecule has 8 aromatic rings. The lowest BCUT2D eigenvalue weighted by atomic mass is 9.94. The van der Waals surface area contributed by atoms with Gasteiger partial charge in [0.25, 0.3) is 0 Å². The molecule has 5 aromatic carbocycles. The van der Waals surface area contributed by atoms with Crippen molar-refractivity contribution in [3.05, 3.63) is 128 Å². The number of para-hydroxylation sites is 2. The van der Waals surface area contributed by atoms with E-state index in [1.54, 1.807) is 0 Å². The maximum atomic E-state index is 6.18. The van der Waals surface area contributed by atoms with Crippen LogP contribution in [0.2, 0.25) is 0 Å². The van der Waals surface area contributed by atoms with Crippen LogP contribution >= 0.6 is 0 Å². The van der Waals surface area contributed by atoms with Gasteiger partial charge in [-0.1, -0.05) is 91.0 Å². The Morgan fingerprint density at radius 2 is 1.23 bits per heavy atom. The molecule has 8 rings (SSSR count). The van der Waals surface area contributed by atoms with E-state index in [4.69, 9.17) is 19.4 Å². The van der Waals surface area contributed by atoms with E-state index in [2.05, 4.69) is 60.7 Å². The van der Waals surface area contributed by atoms with Gasteiger partial charge in [0.05, 0.1) is 16.7 Å². The van der Waals surface area contributed by atoms with Crippen LogP contribution in [-0.2, 0) is 0 Å². The molecule has 4 nitrogen and oxygen atoms in total. The van der Waals surface area contributed by atoms with Crippen molar-refractivity contribution in [2.75, 3.05) is 0 Å². The zero-order valence-corrected chi connectivity index (χ0v) is 20.9. The van der Waals surface area contributed by atoms with Crippen molar-refractivity contribution in [1.82, 2.24) is 15.0 Å². The normalized spacial score (nSPS) is 11.6. The van der Waals surface area contributed by atoms with Gasteiger partial charge in [-0.2, -0.15) is 0 Å². The number of aromatic nitrogens is 3. The van der Waals surface area contributed by atoms with Crippen molar-refractivity contribution in [2.45, 2.75) is 0 Å². The number of hydrogen-bond donors (Lipinski definition) is 0. The van der Waals surface area contributed by atoms with Crippen LogP contribution in [-0.4, -0.2) is 15.0 Å². The van der Waals surface area contributed by atoms with Gasteiger partial charge < -0.3 is 4.42 Å². The van der Waals surface area contributed by atoms with Gasteiger partial charge in [-0.3, -0.25) is 4.98 Å². The number of benzene rings is 5. The van der Waals surface area contributed by atoms with Gasteiger partial charge in [0, 0.05) is 38.9 Å². The van der Waals surface area contributed by atoms with Crippen LogP contribution in [0.1, 0.15) is 0 Å². The van der Waals surface area contributed by atoms with Crippen molar-refractivity contribution in [3.8, 4) is 33.8 Å². The van der Waals surface area contributed by atoms with E-state index < -0.39 is 0 Å². The van der Waals surface area contributed by atoms with Gasteiger partial charge in [-0.15, -0.1) is 0 Å². The number of nitrogens with zero attached hydrogens (tertiary/aromatic N) is 3. The molecule has 39 heavy (non-hydrogen) atoms. The molecule has 0 fully saturated rings. The second kappa shape index (κ2) is 8.61. The lowest BCUT2D eigenvalue weighted by Gasteiger charge is -2.13. The third-order valence-electron chi connectivity index (χ3n) is 7.35. The molecule has 0 saturated carbocycles. The minimum atomic E-state index is 0.662. The minimum absolute atomic E-state index is 0.662. The van der Waals surface area contributed by atoms with E-state index in [-0.39, 0.29) is 0 Å². The minimum Gasteiger partial charge on any atom is -0.456 e. The number of fused-ring (bicyclic) bond motifs is 5. The largest absolute Gasteiger partial charge is 0.456 e. The van der Waals surface area contributed by atoms with Crippen LogP contribution in [0, 0.1) is 0 Å². The van der Waals surface area contributed by atoms with E-state index in [1.165, 1.54) is 0 Å². The molecule has 0 aliphatic rings. The maximum Gasteiger partial charge on any atom is 0.162 e. The highest BCUT2D eigenvalue weighted by Crippen LogP contribution is 2.41. The molecule has 0 spiro atoms. The molecule has 0 N–H and O–H groups in total. The Labute approximate surface area is 224 Å². The Bertz CT molecular complexity index is 2180. The summed E-state index contributed by atoms with van der Waals surface area (Å²) in [5.74, 6) is 0.662. The summed E-state index contributed by atoms with van der Waals surface area (Å²) in [5, 5.41) is 4.29. The summed E-state index contributed by atoms with van der Waals surface area (Å²) in [5.41, 5.74) is 8.63. The van der Waals surface area contributed by atoms with Gasteiger partial charge in [0.1, 0.15) is 11.2 Å². The molecular formula is C35H21N3O. The van der Waals surface area contributed by atoms with E-state index in [0.717, 1.165) is 71.7 Å². The highest BCUT2D eigenvalue weighted by molar-refractivity contribution is 6.16. The van der Waals surface area contributed by atoms with Crippen molar-refractivity contribution in [1.29, 1.82) is 0 Å². The molecule has 0 bridgehead atoms. The zero-order chi connectivity index (χ0) is 25.8. The topological polar surface area (TPSA) is 51.8 Å². The Balaban J connectivity index is 1.40. The Morgan fingerprint density at radius 3 is 2.15 bits per heavy atom. The Hall–Kier alpha value is -5.35. The molecule has 0 unspecified atom stereocenters. The number of rotatable bonds is 3. The van der Waals surface area contributed by atoms with Crippen LogP contribution in [0.5, 0.6) is 0 Å². The average Bonchev–Trinajstić information content (AvgIpc) is 3.39. The van der Waals surface area contributed by atoms with Gasteiger partial charge in [0.2, 0.25) is 0 Å². The smallest absolute Gasteiger partial charge is 0.162 e. The van der Waals surface area contributed by atoms with Gasteiger partial charge in [0.15, 0.2) is 5.82 Å². The van der Waals surface area contributed by atoms with Crippen LogP contribution in [0.25, 0.3) is 77.5 Å². The van der Waals surface area contributed by atoms with Crippen molar-refractivity contribution in [2.24, 2.45) is 0 Å². The molecule has 3 heterocycles. The third-order valence-corrected chi connectivity index (χ3v) is 7.35. The average molecular weight is 500 g/mol. The highest BCUT2D eigenvalue weighted by atomic mass is 16.3. The molecular weight excluding hydrogens is 478 g/mol. The summed E-state index contributed by atoms with van der Waals surface area (Å²) in [6.07, 6.45) is 1.84. The number of pyridine rings is 1. The monoisotopic (exact) mass is 499 g/mol. The Morgan fingerprint density at radius 1 is 0.487 bits per heavy atom. The van der Waals surface area contributed by atoms with Gasteiger partial charge >= 0.3 is 0 Å². The fourth-order valence-electron chi connectivity index (χ4n) is 5.60. The second-order valence-corrected chi connectivity index (χ2v) is 9.62. The van der Waals surface area contributed by atoms with E-state index in [1.807, 2.05) is 66.9 Å². The van der Waals surface area contributed by atoms with Crippen molar-refractivity contribution < 1.29 is 4.42 Å². The number of furan rings is 1.